The van der Waals surface area contributed by atoms with Crippen LogP contribution in [0.25, 0.3) is 6.08 Å². The molecule has 0 saturated carbocycles. The van der Waals surface area contributed by atoms with Crippen LogP contribution in [0, 0.1) is 30.3 Å². The minimum atomic E-state index is -0.799. The van der Waals surface area contributed by atoms with Gasteiger partial charge in [0.2, 0.25) is 11.6 Å². The topological polar surface area (TPSA) is 177 Å². The summed E-state index contributed by atoms with van der Waals surface area (Å²) in [5.41, 5.74) is -0.636. The molecule has 0 radical (unpaired) electrons. The number of non-ortho nitro benzene ring substituents is 2. The van der Waals surface area contributed by atoms with E-state index in [4.69, 9.17) is 9.47 Å². The molecule has 35 heavy (non-hydrogen) atoms. The maximum Gasteiger partial charge on any atom is 0.363 e. The molecule has 1 aliphatic rings. The van der Waals surface area contributed by atoms with Gasteiger partial charge in [-0.15, -0.1) is 0 Å². The molecule has 0 aromatic heterocycles. The third-order valence-electron chi connectivity index (χ3n) is 4.66. The van der Waals surface area contributed by atoms with Gasteiger partial charge in [-0.1, -0.05) is 18.2 Å². The first-order valence-corrected chi connectivity index (χ1v) is 9.69. The number of esters is 1. The summed E-state index contributed by atoms with van der Waals surface area (Å²) >= 11 is 0. The lowest BCUT2D eigenvalue weighted by Gasteiger charge is -2.07. The van der Waals surface area contributed by atoms with Crippen molar-refractivity contribution >= 4 is 35.0 Å². The average Bonchev–Trinajstić information content (AvgIpc) is 3.19. The van der Waals surface area contributed by atoms with E-state index < -0.39 is 32.1 Å². The smallest absolute Gasteiger partial charge is 0.363 e. The Kier molecular flexibility index (Phi) is 5.96. The maximum atomic E-state index is 12.3. The van der Waals surface area contributed by atoms with Gasteiger partial charge >= 0.3 is 11.7 Å². The summed E-state index contributed by atoms with van der Waals surface area (Å²) in [6.45, 7) is 0. The number of hydrogen-bond donors (Lipinski definition) is 0. The highest BCUT2D eigenvalue weighted by molar-refractivity contribution is 6.13. The molecule has 0 amide bonds. The fraction of sp³-hybridized carbons (Fsp3) is 0. The van der Waals surface area contributed by atoms with Gasteiger partial charge in [-0.2, -0.15) is 0 Å². The minimum absolute atomic E-state index is 0.0787. The second-order valence-corrected chi connectivity index (χ2v) is 6.98. The summed E-state index contributed by atoms with van der Waals surface area (Å²) in [6, 6.07) is 14.6. The lowest BCUT2D eigenvalue weighted by molar-refractivity contribution is -0.394. The predicted octanol–water partition coefficient (Wildman–Crippen LogP) is 4.55. The molecular weight excluding hydrogens is 464 g/mol. The van der Waals surface area contributed by atoms with E-state index >= 15 is 0 Å². The number of nitro benzene ring substituents is 3. The number of hydrogen-bond acceptors (Lipinski definition) is 10. The van der Waals surface area contributed by atoms with E-state index in [-0.39, 0.29) is 34.3 Å². The molecular formula is C22H12N4O9. The summed E-state index contributed by atoms with van der Waals surface area (Å²) in [5, 5.41) is 33.2. The number of benzene rings is 3. The van der Waals surface area contributed by atoms with Gasteiger partial charge in [0.15, 0.2) is 5.70 Å². The SMILES string of the molecule is O=C1OC(c2cccc([N+](=O)[O-])c2)=N/C1=C/c1cccc(Oc2ccc([N+](=O)[O-])cc2[N+](=O)[O-])c1. The van der Waals surface area contributed by atoms with E-state index in [0.717, 1.165) is 18.2 Å². The van der Waals surface area contributed by atoms with Crippen LogP contribution in [0.3, 0.4) is 0 Å². The molecule has 0 unspecified atom stereocenters. The van der Waals surface area contributed by atoms with Crippen molar-refractivity contribution in [1.82, 2.24) is 0 Å². The van der Waals surface area contributed by atoms with Crippen molar-refractivity contribution in [2.24, 2.45) is 4.99 Å². The van der Waals surface area contributed by atoms with Crippen LogP contribution in [-0.2, 0) is 9.53 Å². The standard InChI is InChI=1S/C22H12N4O9/c27-22-18(23-21(35-22)14-4-2-5-15(11-14)24(28)29)10-13-3-1-6-17(9-13)34-20-8-7-16(25(30)31)12-19(20)26(32)33/h1-12H/b18-10+. The number of cyclic esters (lactones) is 1. The van der Waals surface area contributed by atoms with Gasteiger partial charge in [0.05, 0.1) is 20.8 Å². The van der Waals surface area contributed by atoms with E-state index in [9.17, 15) is 35.1 Å². The van der Waals surface area contributed by atoms with E-state index in [0.29, 0.717) is 5.56 Å². The monoisotopic (exact) mass is 476 g/mol. The number of carbonyl (C=O) groups is 1. The quantitative estimate of drug-likeness (QED) is 0.205. The van der Waals surface area contributed by atoms with Crippen LogP contribution < -0.4 is 4.74 Å². The van der Waals surface area contributed by atoms with E-state index in [1.807, 2.05) is 0 Å². The molecule has 1 aliphatic heterocycles. The average molecular weight is 476 g/mol. The summed E-state index contributed by atoms with van der Waals surface area (Å²) in [5.74, 6) is -0.926. The number of rotatable bonds is 7. The van der Waals surface area contributed by atoms with Gasteiger partial charge in [0, 0.05) is 23.8 Å². The fourth-order valence-corrected chi connectivity index (χ4v) is 3.09. The summed E-state index contributed by atoms with van der Waals surface area (Å²) in [7, 11) is 0. The predicted molar refractivity (Wildman–Crippen MR) is 120 cm³/mol. The van der Waals surface area contributed by atoms with Crippen LogP contribution in [0.2, 0.25) is 0 Å². The fourth-order valence-electron chi connectivity index (χ4n) is 3.09. The molecule has 0 bridgehead atoms. The molecule has 3 aromatic rings. The lowest BCUT2D eigenvalue weighted by atomic mass is 10.2. The Morgan fingerprint density at radius 2 is 1.54 bits per heavy atom. The molecule has 0 atom stereocenters. The van der Waals surface area contributed by atoms with Crippen LogP contribution in [0.5, 0.6) is 11.5 Å². The van der Waals surface area contributed by atoms with Gasteiger partial charge in [-0.25, -0.2) is 9.79 Å². The van der Waals surface area contributed by atoms with Gasteiger partial charge in [-0.3, -0.25) is 30.3 Å². The Balaban J connectivity index is 1.61. The number of nitro groups is 3. The molecule has 0 spiro atoms. The molecule has 0 saturated heterocycles. The zero-order valence-corrected chi connectivity index (χ0v) is 17.4. The second kappa shape index (κ2) is 9.19. The van der Waals surface area contributed by atoms with Gasteiger partial charge in [0.1, 0.15) is 5.75 Å². The first kappa shape index (κ1) is 22.7. The highest BCUT2D eigenvalue weighted by Gasteiger charge is 2.25. The molecule has 0 N–H and O–H groups in total. The van der Waals surface area contributed by atoms with E-state index in [1.54, 1.807) is 12.1 Å². The highest BCUT2D eigenvalue weighted by Crippen LogP contribution is 2.35. The van der Waals surface area contributed by atoms with Crippen molar-refractivity contribution in [2.45, 2.75) is 0 Å². The molecule has 3 aromatic carbocycles. The van der Waals surface area contributed by atoms with Crippen LogP contribution in [0.1, 0.15) is 11.1 Å². The number of aliphatic imine (C=N–C) groups is 1. The summed E-state index contributed by atoms with van der Waals surface area (Å²) < 4.78 is 10.7. The molecule has 13 heteroatoms. The Labute approximate surface area is 195 Å². The maximum absolute atomic E-state index is 12.3. The van der Waals surface area contributed by atoms with Crippen LogP contribution >= 0.6 is 0 Å². The van der Waals surface area contributed by atoms with Crippen molar-refractivity contribution in [3.8, 4) is 11.5 Å². The molecule has 4 rings (SSSR count). The Bertz CT molecular complexity index is 1460. The molecule has 1 heterocycles. The van der Waals surface area contributed by atoms with Gasteiger partial charge in [0.25, 0.3) is 11.4 Å². The third-order valence-corrected chi connectivity index (χ3v) is 4.66. The number of ether oxygens (including phenoxy) is 2. The molecule has 0 fully saturated rings. The zero-order chi connectivity index (χ0) is 25.1. The van der Waals surface area contributed by atoms with Crippen molar-refractivity contribution < 1.29 is 29.0 Å². The summed E-state index contributed by atoms with van der Waals surface area (Å²) in [4.78, 5) is 47.4. The van der Waals surface area contributed by atoms with Crippen LogP contribution in [0.4, 0.5) is 17.1 Å². The lowest BCUT2D eigenvalue weighted by Crippen LogP contribution is -2.05. The first-order valence-electron chi connectivity index (χ1n) is 9.69. The molecule has 0 aliphatic carbocycles. The van der Waals surface area contributed by atoms with E-state index in [2.05, 4.69) is 4.99 Å². The van der Waals surface area contributed by atoms with Crippen LogP contribution in [0.15, 0.2) is 77.4 Å². The Hall–Kier alpha value is -5.46. The van der Waals surface area contributed by atoms with E-state index in [1.165, 1.54) is 42.5 Å². The molecule has 174 valence electrons. The Morgan fingerprint density at radius 1 is 0.829 bits per heavy atom. The summed E-state index contributed by atoms with van der Waals surface area (Å²) in [6.07, 6.45) is 1.38. The van der Waals surface area contributed by atoms with Crippen molar-refractivity contribution in [2.75, 3.05) is 0 Å². The number of nitrogens with zero attached hydrogens (tertiary/aromatic N) is 4. The normalized spacial score (nSPS) is 13.8. The zero-order valence-electron chi connectivity index (χ0n) is 17.4. The number of carbonyl (C=O) groups excluding carboxylic acids is 1. The largest absolute Gasteiger partial charge is 0.450 e. The minimum Gasteiger partial charge on any atom is -0.450 e. The third kappa shape index (κ3) is 4.98. The first-order chi connectivity index (χ1) is 16.7. The van der Waals surface area contributed by atoms with Crippen LogP contribution in [-0.4, -0.2) is 26.6 Å². The van der Waals surface area contributed by atoms with Gasteiger partial charge in [-0.05, 0) is 35.9 Å². The highest BCUT2D eigenvalue weighted by atomic mass is 16.6. The van der Waals surface area contributed by atoms with Crippen molar-refractivity contribution in [3.05, 3.63) is 114 Å². The second-order valence-electron chi connectivity index (χ2n) is 6.98. The van der Waals surface area contributed by atoms with Crippen molar-refractivity contribution in [3.63, 3.8) is 0 Å². The van der Waals surface area contributed by atoms with Crippen molar-refractivity contribution in [1.29, 1.82) is 0 Å². The Morgan fingerprint density at radius 3 is 2.26 bits per heavy atom. The molecule has 13 nitrogen and oxygen atoms in total. The van der Waals surface area contributed by atoms with Gasteiger partial charge < -0.3 is 9.47 Å².